The van der Waals surface area contributed by atoms with Crippen LogP contribution in [-0.4, -0.2) is 69.3 Å². The Balaban J connectivity index is 1.48. The Bertz CT molecular complexity index is 1140. The van der Waals surface area contributed by atoms with E-state index in [1.807, 2.05) is 25.1 Å². The Morgan fingerprint density at radius 3 is 2.30 bits per heavy atom. The minimum absolute atomic E-state index is 0.400. The number of nitrogens with two attached hydrogens (primary N) is 1. The largest absolute Gasteiger partial charge is 0.387 e. The van der Waals surface area contributed by atoms with Crippen LogP contribution in [0.2, 0.25) is 0 Å². The van der Waals surface area contributed by atoms with Gasteiger partial charge in [-0.05, 0) is 80.5 Å². The Labute approximate surface area is 240 Å². The summed E-state index contributed by atoms with van der Waals surface area (Å²) in [6, 6.07) is 14.1. The van der Waals surface area contributed by atoms with Crippen LogP contribution in [0.3, 0.4) is 0 Å². The van der Waals surface area contributed by atoms with E-state index in [1.54, 1.807) is 20.1 Å². The number of hydrogen-bond acceptors (Lipinski definition) is 7. The lowest BCUT2D eigenvalue weighted by molar-refractivity contribution is -0.200. The second-order valence-corrected chi connectivity index (χ2v) is 11.9. The van der Waals surface area contributed by atoms with E-state index in [2.05, 4.69) is 34.9 Å². The van der Waals surface area contributed by atoms with Gasteiger partial charge in [0.15, 0.2) is 0 Å². The van der Waals surface area contributed by atoms with Crippen LogP contribution in [0.5, 0.6) is 0 Å². The van der Waals surface area contributed by atoms with E-state index in [0.29, 0.717) is 6.54 Å². The van der Waals surface area contributed by atoms with Gasteiger partial charge in [-0.25, -0.2) is 4.79 Å². The molecule has 7 N–H and O–H groups in total. The Morgan fingerprint density at radius 1 is 0.975 bits per heavy atom. The first-order chi connectivity index (χ1) is 18.9. The van der Waals surface area contributed by atoms with Gasteiger partial charge in [0.25, 0.3) is 0 Å². The molecule has 5 unspecified atom stereocenters. The lowest BCUT2D eigenvalue weighted by atomic mass is 9.91. The van der Waals surface area contributed by atoms with Gasteiger partial charge >= 0.3 is 6.03 Å². The number of primary amides is 1. The fourth-order valence-electron chi connectivity index (χ4n) is 4.64. The number of urea groups is 1. The Kier molecular flexibility index (Phi) is 11.4. The van der Waals surface area contributed by atoms with Gasteiger partial charge in [-0.15, -0.1) is 11.8 Å². The number of carbonyl (C=O) groups is 2. The first-order valence-electron chi connectivity index (χ1n) is 13.7. The SMILES string of the molecule is CSC1OC(c2ccc(C)c(Cc3ccc(CCCCCNC(=O)NC(C)(C)C(N)=O)cc3)c2)C(O)C(O)C1O. The molecule has 0 spiro atoms. The standard InChI is InChI=1S/C30H43N3O6S/c1-18-9-14-21(26-24(35)23(34)25(36)27(39-26)40-4)17-22(18)16-20-12-10-19(11-13-20)8-6-5-7-15-32-29(38)33-30(2,3)28(31)37/h9-14,17,23-27,34-36H,5-8,15-16H2,1-4H3,(H2,31,37)(H2,32,33,38). The molecule has 0 aliphatic carbocycles. The Morgan fingerprint density at radius 2 is 1.65 bits per heavy atom. The average Bonchev–Trinajstić information content (AvgIpc) is 2.91. The summed E-state index contributed by atoms with van der Waals surface area (Å²) in [6.07, 6.45) is 1.92. The minimum atomic E-state index is -1.27. The van der Waals surface area contributed by atoms with Crippen molar-refractivity contribution in [3.05, 3.63) is 70.3 Å². The quantitative estimate of drug-likeness (QED) is 0.213. The summed E-state index contributed by atoms with van der Waals surface area (Å²) < 4.78 is 5.94. The molecule has 2 aromatic rings. The highest BCUT2D eigenvalue weighted by Crippen LogP contribution is 2.36. The van der Waals surface area contributed by atoms with E-state index >= 15 is 0 Å². The van der Waals surface area contributed by atoms with E-state index in [-0.39, 0.29) is 0 Å². The van der Waals surface area contributed by atoms with Crippen molar-refractivity contribution in [2.24, 2.45) is 5.73 Å². The molecule has 10 heteroatoms. The fourth-order valence-corrected chi connectivity index (χ4v) is 5.31. The summed E-state index contributed by atoms with van der Waals surface area (Å²) in [4.78, 5) is 23.2. The maximum atomic E-state index is 11.9. The van der Waals surface area contributed by atoms with Crippen molar-refractivity contribution in [2.45, 2.75) is 88.3 Å². The topological polar surface area (TPSA) is 154 Å². The van der Waals surface area contributed by atoms with Gasteiger partial charge in [0.2, 0.25) is 5.91 Å². The molecule has 9 nitrogen and oxygen atoms in total. The first kappa shape index (κ1) is 31.9. The van der Waals surface area contributed by atoms with Crippen molar-refractivity contribution < 1.29 is 29.6 Å². The highest BCUT2D eigenvalue weighted by molar-refractivity contribution is 7.99. The molecule has 2 aromatic carbocycles. The molecule has 0 aromatic heterocycles. The number of benzene rings is 2. The maximum absolute atomic E-state index is 11.9. The molecule has 5 atom stereocenters. The zero-order valence-electron chi connectivity index (χ0n) is 23.7. The highest BCUT2D eigenvalue weighted by Gasteiger charge is 2.44. The van der Waals surface area contributed by atoms with Crippen LogP contribution in [0, 0.1) is 6.92 Å². The van der Waals surface area contributed by atoms with E-state index in [4.69, 9.17) is 10.5 Å². The van der Waals surface area contributed by atoms with E-state index < -0.39 is 47.3 Å². The second-order valence-electron chi connectivity index (χ2n) is 11.0. The molecular formula is C30H43N3O6S. The van der Waals surface area contributed by atoms with Crippen LogP contribution in [0.4, 0.5) is 4.79 Å². The van der Waals surface area contributed by atoms with E-state index in [9.17, 15) is 24.9 Å². The van der Waals surface area contributed by atoms with Crippen LogP contribution in [-0.2, 0) is 22.4 Å². The van der Waals surface area contributed by atoms with E-state index in [1.165, 1.54) is 22.9 Å². The second kappa shape index (κ2) is 14.3. The zero-order valence-corrected chi connectivity index (χ0v) is 24.5. The first-order valence-corrected chi connectivity index (χ1v) is 15.0. The van der Waals surface area contributed by atoms with Crippen molar-refractivity contribution >= 4 is 23.7 Å². The number of rotatable bonds is 12. The lowest BCUT2D eigenvalue weighted by Crippen LogP contribution is -2.55. The molecular weight excluding hydrogens is 530 g/mol. The van der Waals surface area contributed by atoms with Gasteiger partial charge in [0.05, 0.1) is 0 Å². The van der Waals surface area contributed by atoms with Gasteiger partial charge in [-0.3, -0.25) is 4.79 Å². The van der Waals surface area contributed by atoms with Crippen LogP contribution < -0.4 is 16.4 Å². The van der Waals surface area contributed by atoms with Crippen molar-refractivity contribution in [2.75, 3.05) is 12.8 Å². The molecule has 3 amide bonds. The molecule has 1 saturated heterocycles. The van der Waals surface area contributed by atoms with Crippen molar-refractivity contribution in [1.82, 2.24) is 10.6 Å². The molecule has 40 heavy (non-hydrogen) atoms. The number of aryl methyl sites for hydroxylation is 2. The third kappa shape index (κ3) is 8.44. The van der Waals surface area contributed by atoms with Gasteiger partial charge in [0.1, 0.15) is 35.4 Å². The summed E-state index contributed by atoms with van der Waals surface area (Å²) in [5, 5.41) is 36.4. The molecule has 3 rings (SSSR count). The highest BCUT2D eigenvalue weighted by atomic mass is 32.2. The normalized spacial score (nSPS) is 23.0. The molecule has 1 heterocycles. The molecule has 220 valence electrons. The maximum Gasteiger partial charge on any atom is 0.315 e. The summed E-state index contributed by atoms with van der Waals surface area (Å²) in [5.41, 5.74) is 8.99. The van der Waals surface area contributed by atoms with Crippen LogP contribution in [0.1, 0.15) is 67.0 Å². The minimum Gasteiger partial charge on any atom is -0.387 e. The molecule has 1 aliphatic rings. The van der Waals surface area contributed by atoms with Crippen molar-refractivity contribution in [1.29, 1.82) is 0 Å². The number of aliphatic hydroxyl groups excluding tert-OH is 3. The number of hydrogen-bond donors (Lipinski definition) is 6. The molecule has 0 bridgehead atoms. The van der Waals surface area contributed by atoms with Gasteiger partial charge in [-0.1, -0.05) is 48.9 Å². The number of amides is 3. The third-order valence-electron chi connectivity index (χ3n) is 7.39. The van der Waals surface area contributed by atoms with E-state index in [0.717, 1.165) is 48.8 Å². The number of unbranched alkanes of at least 4 members (excludes halogenated alkanes) is 2. The number of carbonyl (C=O) groups excluding carboxylic acids is 2. The van der Waals surface area contributed by atoms with Crippen molar-refractivity contribution in [3.63, 3.8) is 0 Å². The summed E-state index contributed by atoms with van der Waals surface area (Å²) in [6.45, 7) is 5.70. The zero-order chi connectivity index (χ0) is 29.4. The van der Waals surface area contributed by atoms with Gasteiger partial charge < -0.3 is 36.4 Å². The fraction of sp³-hybridized carbons (Fsp3) is 0.533. The predicted octanol–water partition coefficient (Wildman–Crippen LogP) is 2.70. The number of thioether (sulfide) groups is 1. The summed E-state index contributed by atoms with van der Waals surface area (Å²) in [5.74, 6) is -0.585. The molecule has 1 fully saturated rings. The average molecular weight is 574 g/mol. The summed E-state index contributed by atoms with van der Waals surface area (Å²) in [7, 11) is 0. The number of aliphatic hydroxyl groups is 3. The molecule has 0 saturated carbocycles. The Hall–Kier alpha value is -2.63. The summed E-state index contributed by atoms with van der Waals surface area (Å²) >= 11 is 1.31. The predicted molar refractivity (Wildman–Crippen MR) is 157 cm³/mol. The third-order valence-corrected chi connectivity index (χ3v) is 8.25. The smallest absolute Gasteiger partial charge is 0.315 e. The number of nitrogens with one attached hydrogen (secondary N) is 2. The number of ether oxygens (including phenoxy) is 1. The lowest BCUT2D eigenvalue weighted by Gasteiger charge is -2.40. The molecule has 0 radical (unpaired) electrons. The van der Waals surface area contributed by atoms with Crippen LogP contribution >= 0.6 is 11.8 Å². The van der Waals surface area contributed by atoms with Crippen LogP contribution in [0.25, 0.3) is 0 Å². The monoisotopic (exact) mass is 573 g/mol. The van der Waals surface area contributed by atoms with Gasteiger partial charge in [-0.2, -0.15) is 0 Å². The van der Waals surface area contributed by atoms with Crippen molar-refractivity contribution in [3.8, 4) is 0 Å². The molecule has 1 aliphatic heterocycles. The van der Waals surface area contributed by atoms with Gasteiger partial charge in [0, 0.05) is 6.54 Å². The van der Waals surface area contributed by atoms with Crippen LogP contribution in [0.15, 0.2) is 42.5 Å².